The van der Waals surface area contributed by atoms with Crippen molar-refractivity contribution in [3.8, 4) is 0 Å². The van der Waals surface area contributed by atoms with E-state index in [4.69, 9.17) is 4.74 Å². The van der Waals surface area contributed by atoms with E-state index in [1.54, 1.807) is 30.2 Å². The zero-order chi connectivity index (χ0) is 14.7. The van der Waals surface area contributed by atoms with Crippen LogP contribution in [-0.2, 0) is 9.53 Å². The first-order chi connectivity index (χ1) is 9.58. The summed E-state index contributed by atoms with van der Waals surface area (Å²) in [5.41, 5.74) is 1.18. The van der Waals surface area contributed by atoms with Gasteiger partial charge in [-0.25, -0.2) is 0 Å². The van der Waals surface area contributed by atoms with Crippen LogP contribution < -0.4 is 10.2 Å². The summed E-state index contributed by atoms with van der Waals surface area (Å²) in [5.74, 6) is -0.289. The molecule has 2 rings (SSSR count). The number of ether oxygens (including phenoxy) is 1. The molecular weight excluding hydrogens is 256 g/mol. The van der Waals surface area contributed by atoms with Gasteiger partial charge in [0.25, 0.3) is 5.91 Å². The predicted molar refractivity (Wildman–Crippen MR) is 76.8 cm³/mol. The molecule has 5 heteroatoms. The number of hydrogen-bond acceptors (Lipinski definition) is 3. The molecule has 108 valence electrons. The molecule has 0 saturated heterocycles. The maximum Gasteiger partial charge on any atom is 0.254 e. The summed E-state index contributed by atoms with van der Waals surface area (Å²) < 4.78 is 5.25. The van der Waals surface area contributed by atoms with Gasteiger partial charge in [-0.05, 0) is 25.5 Å². The Hall–Kier alpha value is -1.88. The molecule has 20 heavy (non-hydrogen) atoms. The number of fused-ring (bicyclic) bond motifs is 1. The lowest BCUT2D eigenvalue weighted by molar-refractivity contribution is -0.120. The molecule has 0 saturated carbocycles. The monoisotopic (exact) mass is 276 g/mol. The molecule has 0 radical (unpaired) electrons. The molecule has 1 heterocycles. The van der Waals surface area contributed by atoms with E-state index in [2.05, 4.69) is 5.32 Å². The first-order valence-electron chi connectivity index (χ1n) is 6.82. The highest BCUT2D eigenvalue weighted by Crippen LogP contribution is 2.25. The Labute approximate surface area is 118 Å². The number of hydrogen-bond donors (Lipinski definition) is 1. The largest absolute Gasteiger partial charge is 0.380 e. The van der Waals surface area contributed by atoms with Crippen LogP contribution in [0.4, 0.5) is 5.69 Å². The fourth-order valence-corrected chi connectivity index (χ4v) is 2.30. The standard InChI is InChI=1S/C15H20N2O3/c1-4-12-15(19)17(9-10(2)20-3)13-8-6-5-7-11(13)14(18)16-12/h5-8,10,12H,4,9H2,1-3H3,(H,16,18). The summed E-state index contributed by atoms with van der Waals surface area (Å²) >= 11 is 0. The lowest BCUT2D eigenvalue weighted by Crippen LogP contribution is -2.47. The molecule has 0 aliphatic carbocycles. The quantitative estimate of drug-likeness (QED) is 0.908. The highest BCUT2D eigenvalue weighted by molar-refractivity contribution is 6.10. The summed E-state index contributed by atoms with van der Waals surface area (Å²) in [6, 6.07) is 6.68. The minimum Gasteiger partial charge on any atom is -0.380 e. The van der Waals surface area contributed by atoms with Gasteiger partial charge in [-0.3, -0.25) is 9.59 Å². The third kappa shape index (κ3) is 2.67. The van der Waals surface area contributed by atoms with Gasteiger partial charge in [0.2, 0.25) is 5.91 Å². The van der Waals surface area contributed by atoms with Gasteiger partial charge in [0.1, 0.15) is 6.04 Å². The lowest BCUT2D eigenvalue weighted by Gasteiger charge is -2.27. The second-order valence-electron chi connectivity index (χ2n) is 4.95. The lowest BCUT2D eigenvalue weighted by atomic mass is 10.1. The van der Waals surface area contributed by atoms with E-state index in [-0.39, 0.29) is 17.9 Å². The van der Waals surface area contributed by atoms with E-state index in [0.29, 0.717) is 24.2 Å². The van der Waals surface area contributed by atoms with Crippen LogP contribution in [0.5, 0.6) is 0 Å². The third-order valence-corrected chi connectivity index (χ3v) is 3.56. The van der Waals surface area contributed by atoms with Crippen molar-refractivity contribution in [3.63, 3.8) is 0 Å². The summed E-state index contributed by atoms with van der Waals surface area (Å²) in [4.78, 5) is 26.4. The fourth-order valence-electron chi connectivity index (χ4n) is 2.30. The molecule has 0 spiro atoms. The van der Waals surface area contributed by atoms with Crippen molar-refractivity contribution < 1.29 is 14.3 Å². The molecular formula is C15H20N2O3. The number of rotatable bonds is 4. The van der Waals surface area contributed by atoms with Crippen LogP contribution in [0.3, 0.4) is 0 Å². The Kier molecular flexibility index (Phi) is 4.39. The Morgan fingerprint density at radius 1 is 1.35 bits per heavy atom. The summed E-state index contributed by atoms with van der Waals surface area (Å²) in [7, 11) is 1.61. The van der Waals surface area contributed by atoms with Gasteiger partial charge in [0.05, 0.1) is 23.9 Å². The molecule has 0 fully saturated rings. The molecule has 1 aromatic rings. The van der Waals surface area contributed by atoms with Gasteiger partial charge >= 0.3 is 0 Å². The van der Waals surface area contributed by atoms with Crippen molar-refractivity contribution in [3.05, 3.63) is 29.8 Å². The van der Waals surface area contributed by atoms with E-state index in [0.717, 1.165) is 0 Å². The zero-order valence-electron chi connectivity index (χ0n) is 12.1. The number of para-hydroxylation sites is 1. The number of nitrogens with one attached hydrogen (secondary N) is 1. The van der Waals surface area contributed by atoms with Gasteiger partial charge in [-0.1, -0.05) is 19.1 Å². The Balaban J connectivity index is 2.45. The van der Waals surface area contributed by atoms with Gasteiger partial charge < -0.3 is 15.0 Å². The molecule has 1 aromatic carbocycles. The van der Waals surface area contributed by atoms with Gasteiger partial charge in [-0.15, -0.1) is 0 Å². The van der Waals surface area contributed by atoms with Crippen molar-refractivity contribution >= 4 is 17.5 Å². The number of nitrogens with zero attached hydrogens (tertiary/aromatic N) is 1. The van der Waals surface area contributed by atoms with Crippen LogP contribution >= 0.6 is 0 Å². The first-order valence-corrected chi connectivity index (χ1v) is 6.82. The summed E-state index contributed by atoms with van der Waals surface area (Å²) in [6.07, 6.45) is 0.467. The number of methoxy groups -OCH3 is 1. The summed E-state index contributed by atoms with van der Waals surface area (Å²) in [6.45, 7) is 4.21. The third-order valence-electron chi connectivity index (χ3n) is 3.56. The van der Waals surface area contributed by atoms with Crippen LogP contribution in [0.1, 0.15) is 30.6 Å². The van der Waals surface area contributed by atoms with E-state index < -0.39 is 6.04 Å². The van der Waals surface area contributed by atoms with Crippen LogP contribution in [0.15, 0.2) is 24.3 Å². The van der Waals surface area contributed by atoms with Crippen LogP contribution in [0.2, 0.25) is 0 Å². The van der Waals surface area contributed by atoms with E-state index in [1.807, 2.05) is 19.9 Å². The molecule has 5 nitrogen and oxygen atoms in total. The fraction of sp³-hybridized carbons (Fsp3) is 0.467. The SMILES string of the molecule is CCC1NC(=O)c2ccccc2N(CC(C)OC)C1=O. The Morgan fingerprint density at radius 3 is 2.70 bits per heavy atom. The zero-order valence-corrected chi connectivity index (χ0v) is 12.1. The first kappa shape index (κ1) is 14.5. The van der Waals surface area contributed by atoms with Gasteiger partial charge in [0.15, 0.2) is 0 Å². The molecule has 2 amide bonds. The van der Waals surface area contributed by atoms with E-state index >= 15 is 0 Å². The van der Waals surface area contributed by atoms with E-state index in [9.17, 15) is 9.59 Å². The van der Waals surface area contributed by atoms with Crippen molar-refractivity contribution in [1.82, 2.24) is 5.32 Å². The van der Waals surface area contributed by atoms with Crippen molar-refractivity contribution in [2.75, 3.05) is 18.6 Å². The average molecular weight is 276 g/mol. The van der Waals surface area contributed by atoms with Gasteiger partial charge in [0, 0.05) is 7.11 Å². The maximum absolute atomic E-state index is 12.6. The number of carbonyl (C=O) groups excluding carboxylic acids is 2. The number of amides is 2. The predicted octanol–water partition coefficient (Wildman–Crippen LogP) is 1.58. The molecule has 0 bridgehead atoms. The molecule has 2 unspecified atom stereocenters. The summed E-state index contributed by atoms with van der Waals surface area (Å²) in [5, 5.41) is 2.78. The van der Waals surface area contributed by atoms with Gasteiger partial charge in [-0.2, -0.15) is 0 Å². The topological polar surface area (TPSA) is 58.6 Å². The average Bonchev–Trinajstić information content (AvgIpc) is 2.57. The van der Waals surface area contributed by atoms with Crippen molar-refractivity contribution in [2.45, 2.75) is 32.4 Å². The van der Waals surface area contributed by atoms with Crippen molar-refractivity contribution in [1.29, 1.82) is 0 Å². The highest BCUT2D eigenvalue weighted by Gasteiger charge is 2.33. The minimum absolute atomic E-state index is 0.0882. The van der Waals surface area contributed by atoms with E-state index in [1.165, 1.54) is 0 Å². The molecule has 1 aliphatic rings. The Morgan fingerprint density at radius 2 is 2.05 bits per heavy atom. The molecule has 2 atom stereocenters. The number of anilines is 1. The maximum atomic E-state index is 12.6. The van der Waals surface area contributed by atoms with Crippen LogP contribution in [-0.4, -0.2) is 37.6 Å². The second kappa shape index (κ2) is 6.05. The van der Waals surface area contributed by atoms with Crippen LogP contribution in [0, 0.1) is 0 Å². The minimum atomic E-state index is -0.487. The highest BCUT2D eigenvalue weighted by atomic mass is 16.5. The normalized spacial score (nSPS) is 20.1. The van der Waals surface area contributed by atoms with Crippen molar-refractivity contribution in [2.24, 2.45) is 0 Å². The Bertz CT molecular complexity index is 516. The number of benzene rings is 1. The molecule has 0 aromatic heterocycles. The molecule has 1 aliphatic heterocycles. The van der Waals surface area contributed by atoms with Crippen LogP contribution in [0.25, 0.3) is 0 Å². The smallest absolute Gasteiger partial charge is 0.254 e. The molecule has 1 N–H and O–H groups in total. The number of carbonyl (C=O) groups is 2. The second-order valence-corrected chi connectivity index (χ2v) is 4.95.